The Balaban J connectivity index is 1.52. The van der Waals surface area contributed by atoms with Gasteiger partial charge in [-0.2, -0.15) is 4.57 Å². The van der Waals surface area contributed by atoms with E-state index in [0.717, 1.165) is 38.8 Å². The van der Waals surface area contributed by atoms with Gasteiger partial charge >= 0.3 is 0 Å². The van der Waals surface area contributed by atoms with Gasteiger partial charge in [0.1, 0.15) is 12.6 Å². The quantitative estimate of drug-likeness (QED) is 0.196. The van der Waals surface area contributed by atoms with E-state index in [0.29, 0.717) is 0 Å². The van der Waals surface area contributed by atoms with Crippen LogP contribution in [-0.2, 0) is 7.05 Å². The maximum Gasteiger partial charge on any atom is 0.237 e. The Morgan fingerprint density at radius 2 is 1.23 bits per heavy atom. The molecule has 0 aliphatic carbocycles. The summed E-state index contributed by atoms with van der Waals surface area (Å²) in [6.07, 6.45) is 4.24. The fourth-order valence-corrected chi connectivity index (χ4v) is 7.13. The predicted octanol–water partition coefficient (Wildman–Crippen LogP) is 9.23. The van der Waals surface area contributed by atoms with Crippen LogP contribution in [0.2, 0.25) is 0 Å². The molecule has 0 aliphatic heterocycles. The molecule has 0 radical (unpaired) electrons. The number of pyridine rings is 2. The molecule has 0 unspecified atom stereocenters. The zero-order valence-electron chi connectivity index (χ0n) is 24.6. The SMILES string of the molecule is Cc1cc2ccccc2cc1-c1c2c(cc[n+]1C)c1ncc3c(c4ccccc4n3-c3ccccc3)c1n2-c1ccccc1. The minimum Gasteiger partial charge on any atom is -0.308 e. The number of hydrogen-bond donors (Lipinski definition) is 0. The number of aromatic nitrogens is 4. The lowest BCUT2D eigenvalue weighted by molar-refractivity contribution is -0.659. The smallest absolute Gasteiger partial charge is 0.237 e. The van der Waals surface area contributed by atoms with Gasteiger partial charge in [-0.15, -0.1) is 0 Å². The van der Waals surface area contributed by atoms with E-state index in [-0.39, 0.29) is 0 Å². The second kappa shape index (κ2) is 9.38. The van der Waals surface area contributed by atoms with E-state index in [1.54, 1.807) is 0 Å². The van der Waals surface area contributed by atoms with E-state index in [4.69, 9.17) is 4.98 Å². The molecule has 4 aromatic heterocycles. The summed E-state index contributed by atoms with van der Waals surface area (Å²) in [6, 6.07) is 45.6. The van der Waals surface area contributed by atoms with Crippen molar-refractivity contribution in [3.05, 3.63) is 145 Å². The topological polar surface area (TPSA) is 26.6 Å². The van der Waals surface area contributed by atoms with E-state index in [1.807, 2.05) is 0 Å². The number of benzene rings is 5. The van der Waals surface area contributed by atoms with Crippen LogP contribution < -0.4 is 4.57 Å². The Labute approximate surface area is 254 Å². The van der Waals surface area contributed by atoms with E-state index >= 15 is 0 Å². The molecule has 0 spiro atoms. The van der Waals surface area contributed by atoms with Gasteiger partial charge in [0.05, 0.1) is 33.8 Å². The summed E-state index contributed by atoms with van der Waals surface area (Å²) < 4.78 is 7.06. The third kappa shape index (κ3) is 3.45. The molecule has 0 atom stereocenters. The van der Waals surface area contributed by atoms with E-state index < -0.39 is 0 Å². The first kappa shape index (κ1) is 24.8. The Hall–Kier alpha value is -5.74. The third-order valence-electron chi connectivity index (χ3n) is 9.06. The molecule has 4 nitrogen and oxygen atoms in total. The standard InChI is InChI=1S/C40H29N4/c1-26-23-27-13-9-10-14-28(27)24-33(26)38-39-32(21-22-42(38)2)37-40(44(39)30-17-7-4-8-18-30)36-31-19-11-12-20-34(31)43(35(36)25-41-37)29-15-5-3-6-16-29/h3-25H,1-2H3/q+1. The summed E-state index contributed by atoms with van der Waals surface area (Å²) in [5.41, 5.74) is 11.4. The van der Waals surface area contributed by atoms with Gasteiger partial charge in [0.25, 0.3) is 0 Å². The van der Waals surface area contributed by atoms with E-state index in [9.17, 15) is 0 Å². The molecule has 4 heterocycles. The van der Waals surface area contributed by atoms with Crippen molar-refractivity contribution >= 4 is 54.5 Å². The van der Waals surface area contributed by atoms with Gasteiger partial charge in [0.15, 0.2) is 6.20 Å². The van der Waals surface area contributed by atoms with Crippen LogP contribution in [0.5, 0.6) is 0 Å². The molecule has 0 aliphatic rings. The molecule has 9 aromatic rings. The number of fused-ring (bicyclic) bond motifs is 8. The van der Waals surface area contributed by atoms with Crippen molar-refractivity contribution in [1.29, 1.82) is 0 Å². The van der Waals surface area contributed by atoms with Crippen molar-refractivity contribution in [1.82, 2.24) is 14.1 Å². The van der Waals surface area contributed by atoms with Crippen molar-refractivity contribution in [2.75, 3.05) is 0 Å². The van der Waals surface area contributed by atoms with Crippen LogP contribution >= 0.6 is 0 Å². The van der Waals surface area contributed by atoms with Crippen LogP contribution in [-0.4, -0.2) is 14.1 Å². The van der Waals surface area contributed by atoms with E-state index in [2.05, 4.69) is 167 Å². The van der Waals surface area contributed by atoms with Gasteiger partial charge < -0.3 is 9.13 Å². The van der Waals surface area contributed by atoms with Crippen LogP contribution in [0.4, 0.5) is 0 Å². The fraction of sp³-hybridized carbons (Fsp3) is 0.0500. The zero-order chi connectivity index (χ0) is 29.4. The average Bonchev–Trinajstić information content (AvgIpc) is 3.58. The molecule has 5 aromatic carbocycles. The highest BCUT2D eigenvalue weighted by Crippen LogP contribution is 2.43. The Morgan fingerprint density at radius 1 is 0.591 bits per heavy atom. The highest BCUT2D eigenvalue weighted by atomic mass is 15.1. The zero-order valence-corrected chi connectivity index (χ0v) is 24.6. The lowest BCUT2D eigenvalue weighted by atomic mass is 9.98. The number of aryl methyl sites for hydroxylation is 2. The van der Waals surface area contributed by atoms with Crippen LogP contribution in [0.15, 0.2) is 140 Å². The highest BCUT2D eigenvalue weighted by Gasteiger charge is 2.28. The van der Waals surface area contributed by atoms with Crippen LogP contribution in [0, 0.1) is 6.92 Å². The monoisotopic (exact) mass is 565 g/mol. The van der Waals surface area contributed by atoms with Crippen molar-refractivity contribution in [3.63, 3.8) is 0 Å². The summed E-state index contributed by atoms with van der Waals surface area (Å²) in [6.45, 7) is 2.22. The molecule has 0 saturated heterocycles. The van der Waals surface area contributed by atoms with Crippen LogP contribution in [0.25, 0.3) is 77.1 Å². The summed E-state index contributed by atoms with van der Waals surface area (Å²) >= 11 is 0. The Morgan fingerprint density at radius 3 is 1.98 bits per heavy atom. The van der Waals surface area contributed by atoms with Crippen molar-refractivity contribution in [2.45, 2.75) is 6.92 Å². The highest BCUT2D eigenvalue weighted by molar-refractivity contribution is 6.25. The number of rotatable bonds is 3. The van der Waals surface area contributed by atoms with Gasteiger partial charge in [-0.25, -0.2) is 0 Å². The predicted molar refractivity (Wildman–Crippen MR) is 182 cm³/mol. The Kier molecular flexibility index (Phi) is 5.29. The number of hydrogen-bond acceptors (Lipinski definition) is 1. The van der Waals surface area contributed by atoms with Gasteiger partial charge in [0, 0.05) is 33.6 Å². The lowest BCUT2D eigenvalue weighted by Crippen LogP contribution is -2.31. The second-order valence-corrected chi connectivity index (χ2v) is 11.6. The molecule has 0 fully saturated rings. The maximum absolute atomic E-state index is 5.25. The molecule has 44 heavy (non-hydrogen) atoms. The van der Waals surface area contributed by atoms with E-state index in [1.165, 1.54) is 43.9 Å². The summed E-state index contributed by atoms with van der Waals surface area (Å²) in [5.74, 6) is 0. The fourth-order valence-electron chi connectivity index (χ4n) is 7.13. The van der Waals surface area contributed by atoms with Gasteiger partial charge in [-0.05, 0) is 59.7 Å². The third-order valence-corrected chi connectivity index (χ3v) is 9.06. The first-order chi connectivity index (χ1) is 21.7. The minimum absolute atomic E-state index is 1.01. The van der Waals surface area contributed by atoms with Crippen LogP contribution in [0.1, 0.15) is 5.56 Å². The van der Waals surface area contributed by atoms with Crippen LogP contribution in [0.3, 0.4) is 0 Å². The first-order valence-electron chi connectivity index (χ1n) is 15.0. The lowest BCUT2D eigenvalue weighted by Gasteiger charge is -2.12. The molecular weight excluding hydrogens is 536 g/mol. The van der Waals surface area contributed by atoms with Crippen molar-refractivity contribution < 1.29 is 4.57 Å². The summed E-state index contributed by atoms with van der Waals surface area (Å²) in [7, 11) is 2.15. The second-order valence-electron chi connectivity index (χ2n) is 11.6. The molecule has 208 valence electrons. The molecule has 0 N–H and O–H groups in total. The molecule has 0 bridgehead atoms. The molecule has 0 saturated carbocycles. The average molecular weight is 566 g/mol. The van der Waals surface area contributed by atoms with Gasteiger partial charge in [0.2, 0.25) is 5.69 Å². The largest absolute Gasteiger partial charge is 0.308 e. The molecule has 0 amide bonds. The minimum atomic E-state index is 1.01. The van der Waals surface area contributed by atoms with Gasteiger partial charge in [-0.1, -0.05) is 84.9 Å². The maximum atomic E-state index is 5.25. The van der Waals surface area contributed by atoms with Crippen molar-refractivity contribution in [2.24, 2.45) is 7.05 Å². The molecule has 9 rings (SSSR count). The van der Waals surface area contributed by atoms with Gasteiger partial charge in [-0.3, -0.25) is 4.98 Å². The number of nitrogens with zero attached hydrogens (tertiary/aromatic N) is 4. The number of para-hydroxylation sites is 3. The molecule has 4 heteroatoms. The summed E-state index contributed by atoms with van der Waals surface area (Å²) in [5, 5.41) is 6.05. The normalized spacial score (nSPS) is 11.9. The first-order valence-corrected chi connectivity index (χ1v) is 15.0. The Bertz CT molecular complexity index is 2560. The molecular formula is C40H29N4+. The summed E-state index contributed by atoms with van der Waals surface area (Å²) in [4.78, 5) is 5.25. The van der Waals surface area contributed by atoms with Crippen molar-refractivity contribution in [3.8, 4) is 22.6 Å².